The van der Waals surface area contributed by atoms with Crippen molar-refractivity contribution < 1.29 is 5.11 Å². The summed E-state index contributed by atoms with van der Waals surface area (Å²) in [6.45, 7) is 3.85. The van der Waals surface area contributed by atoms with Crippen LogP contribution in [0.25, 0.3) is 0 Å². The van der Waals surface area contributed by atoms with Gasteiger partial charge >= 0.3 is 0 Å². The van der Waals surface area contributed by atoms with E-state index >= 15 is 0 Å². The first-order chi connectivity index (χ1) is 3.48. The van der Waals surface area contributed by atoms with Crippen molar-refractivity contribution in [3.63, 3.8) is 0 Å². The highest BCUT2D eigenvalue weighted by molar-refractivity contribution is 9.10. The minimum absolute atomic E-state index is 0.0137. The van der Waals surface area contributed by atoms with Crippen molar-refractivity contribution in [1.29, 1.82) is 0 Å². The molecule has 8 heavy (non-hydrogen) atoms. The summed E-state index contributed by atoms with van der Waals surface area (Å²) < 4.78 is -0.163. The first-order valence-corrected chi connectivity index (χ1v) is 3.65. The zero-order valence-electron chi connectivity index (χ0n) is 4.99. The minimum atomic E-state index is -0.206. The number of halogens is 2. The third-order valence-electron chi connectivity index (χ3n) is 0.905. The van der Waals surface area contributed by atoms with Gasteiger partial charge in [-0.3, -0.25) is 0 Å². The average molecular weight is 201 g/mol. The van der Waals surface area contributed by atoms with Crippen LogP contribution in [-0.4, -0.2) is 21.4 Å². The van der Waals surface area contributed by atoms with E-state index in [4.69, 9.17) is 16.7 Å². The van der Waals surface area contributed by atoms with E-state index in [2.05, 4.69) is 15.9 Å². The molecule has 0 fully saturated rings. The van der Waals surface area contributed by atoms with E-state index in [9.17, 15) is 0 Å². The van der Waals surface area contributed by atoms with Gasteiger partial charge in [0.2, 0.25) is 0 Å². The molecule has 0 aromatic carbocycles. The Hall–Kier alpha value is 0.730. The second-order valence-corrected chi connectivity index (χ2v) is 4.79. The Labute approximate surface area is 63.2 Å². The molecule has 3 heteroatoms. The van der Waals surface area contributed by atoms with Gasteiger partial charge in [-0.2, -0.15) is 0 Å². The monoisotopic (exact) mass is 200 g/mol. The van der Waals surface area contributed by atoms with Crippen LogP contribution in [0.1, 0.15) is 13.8 Å². The Bertz CT molecular complexity index is 69.3. The third kappa shape index (κ3) is 2.90. The maximum atomic E-state index is 8.51. The molecule has 0 saturated heterocycles. The highest BCUT2D eigenvalue weighted by Crippen LogP contribution is 2.24. The van der Waals surface area contributed by atoms with E-state index in [-0.39, 0.29) is 16.3 Å². The topological polar surface area (TPSA) is 20.2 Å². The average Bonchev–Trinajstić information content (AvgIpc) is 1.62. The van der Waals surface area contributed by atoms with E-state index in [0.29, 0.717) is 0 Å². The van der Waals surface area contributed by atoms with Gasteiger partial charge in [-0.25, -0.2) is 0 Å². The van der Waals surface area contributed by atoms with Crippen molar-refractivity contribution in [2.45, 2.75) is 23.5 Å². The molecule has 0 bridgehead atoms. The van der Waals surface area contributed by atoms with Crippen molar-refractivity contribution in [1.82, 2.24) is 0 Å². The fourth-order valence-corrected chi connectivity index (χ4v) is 0.362. The molecule has 0 spiro atoms. The van der Waals surface area contributed by atoms with E-state index in [1.807, 2.05) is 13.8 Å². The van der Waals surface area contributed by atoms with Gasteiger partial charge in [-0.1, -0.05) is 15.9 Å². The molecule has 0 aliphatic carbocycles. The van der Waals surface area contributed by atoms with Gasteiger partial charge in [0.15, 0.2) is 0 Å². The summed E-state index contributed by atoms with van der Waals surface area (Å²) in [6, 6.07) is 0. The zero-order chi connectivity index (χ0) is 6.78. The Balaban J connectivity index is 3.62. The van der Waals surface area contributed by atoms with Crippen LogP contribution in [0.2, 0.25) is 0 Å². The van der Waals surface area contributed by atoms with E-state index in [1.165, 1.54) is 0 Å². The Kier molecular flexibility index (Phi) is 3.32. The molecular weight excluding hydrogens is 191 g/mol. The molecule has 50 valence electrons. The lowest BCUT2D eigenvalue weighted by atomic mass is 10.1. The molecule has 0 rings (SSSR count). The second-order valence-electron chi connectivity index (χ2n) is 2.21. The molecule has 1 N–H and O–H groups in total. The molecule has 0 aromatic rings. The maximum Gasteiger partial charge on any atom is 0.0714 e. The smallest absolute Gasteiger partial charge is 0.0714 e. The first-order valence-electron chi connectivity index (χ1n) is 2.42. The third-order valence-corrected chi connectivity index (χ3v) is 2.40. The molecule has 0 amide bonds. The van der Waals surface area contributed by atoms with E-state index in [0.717, 1.165) is 0 Å². The normalized spacial score (nSPS) is 16.1. The fourth-order valence-electron chi connectivity index (χ4n) is 0.217. The van der Waals surface area contributed by atoms with Crippen LogP contribution in [0.3, 0.4) is 0 Å². The number of hydrogen-bond acceptors (Lipinski definition) is 1. The van der Waals surface area contributed by atoms with Gasteiger partial charge in [0.05, 0.1) is 12.0 Å². The lowest BCUT2D eigenvalue weighted by Gasteiger charge is -2.20. The SMILES string of the molecule is CC(C)(Br)[C@@H](Cl)CO. The van der Waals surface area contributed by atoms with Crippen LogP contribution in [0.5, 0.6) is 0 Å². The van der Waals surface area contributed by atoms with Crippen LogP contribution in [-0.2, 0) is 0 Å². The van der Waals surface area contributed by atoms with Crippen LogP contribution in [0.4, 0.5) is 0 Å². The van der Waals surface area contributed by atoms with Crippen molar-refractivity contribution >= 4 is 27.5 Å². The van der Waals surface area contributed by atoms with E-state index < -0.39 is 0 Å². The first kappa shape index (κ1) is 8.73. The van der Waals surface area contributed by atoms with Gasteiger partial charge < -0.3 is 5.11 Å². The summed E-state index contributed by atoms with van der Waals surface area (Å²) in [5, 5.41) is 8.30. The molecule has 0 saturated carbocycles. The van der Waals surface area contributed by atoms with Gasteiger partial charge in [0.25, 0.3) is 0 Å². The number of aliphatic hydroxyl groups is 1. The fraction of sp³-hybridized carbons (Fsp3) is 1.00. The summed E-state index contributed by atoms with van der Waals surface area (Å²) in [5.74, 6) is 0. The quantitative estimate of drug-likeness (QED) is 0.675. The molecular formula is C5H10BrClO. The Morgan fingerprint density at radius 1 is 1.75 bits per heavy atom. The number of alkyl halides is 2. The lowest BCUT2D eigenvalue weighted by molar-refractivity contribution is 0.280. The largest absolute Gasteiger partial charge is 0.395 e. The molecule has 0 heterocycles. The molecule has 0 aliphatic heterocycles. The molecule has 1 nitrogen and oxygen atoms in total. The van der Waals surface area contributed by atoms with Gasteiger partial charge in [-0.15, -0.1) is 11.6 Å². The summed E-state index contributed by atoms with van der Waals surface area (Å²) in [5.41, 5.74) is 0. The van der Waals surface area contributed by atoms with Gasteiger partial charge in [-0.05, 0) is 13.8 Å². The van der Waals surface area contributed by atoms with Crippen LogP contribution < -0.4 is 0 Å². The molecule has 0 aliphatic rings. The van der Waals surface area contributed by atoms with Crippen molar-refractivity contribution in [2.24, 2.45) is 0 Å². The maximum absolute atomic E-state index is 8.51. The number of aliphatic hydroxyl groups excluding tert-OH is 1. The number of hydrogen-bond donors (Lipinski definition) is 1. The van der Waals surface area contributed by atoms with E-state index in [1.54, 1.807) is 0 Å². The summed E-state index contributed by atoms with van der Waals surface area (Å²) in [6.07, 6.45) is 0. The van der Waals surface area contributed by atoms with Gasteiger partial charge in [0, 0.05) is 4.32 Å². The molecule has 0 aromatic heterocycles. The van der Waals surface area contributed by atoms with Crippen LogP contribution in [0.15, 0.2) is 0 Å². The van der Waals surface area contributed by atoms with Crippen LogP contribution >= 0.6 is 27.5 Å². The molecule has 1 atom stereocenters. The molecule has 0 radical (unpaired) electrons. The van der Waals surface area contributed by atoms with Crippen LogP contribution in [0, 0.1) is 0 Å². The lowest BCUT2D eigenvalue weighted by Crippen LogP contribution is -2.27. The zero-order valence-corrected chi connectivity index (χ0v) is 7.33. The molecule has 0 unspecified atom stereocenters. The summed E-state index contributed by atoms with van der Waals surface area (Å²) in [4.78, 5) is 0. The predicted molar refractivity (Wildman–Crippen MR) is 39.7 cm³/mol. The highest BCUT2D eigenvalue weighted by atomic mass is 79.9. The van der Waals surface area contributed by atoms with Crippen molar-refractivity contribution in [2.75, 3.05) is 6.61 Å². The minimum Gasteiger partial charge on any atom is -0.395 e. The van der Waals surface area contributed by atoms with Crippen molar-refractivity contribution in [3.05, 3.63) is 0 Å². The van der Waals surface area contributed by atoms with Gasteiger partial charge in [0.1, 0.15) is 0 Å². The summed E-state index contributed by atoms with van der Waals surface area (Å²) in [7, 11) is 0. The Morgan fingerprint density at radius 2 is 2.12 bits per heavy atom. The summed E-state index contributed by atoms with van der Waals surface area (Å²) >= 11 is 8.96. The predicted octanol–water partition coefficient (Wildman–Crippen LogP) is 1.76. The highest BCUT2D eigenvalue weighted by Gasteiger charge is 2.22. The second kappa shape index (κ2) is 3.04. The van der Waals surface area contributed by atoms with Crippen molar-refractivity contribution in [3.8, 4) is 0 Å². The standard InChI is InChI=1S/C5H10BrClO/c1-5(2,6)4(7)3-8/h4,8H,3H2,1-2H3/t4-/m0/s1. The Morgan fingerprint density at radius 3 is 2.12 bits per heavy atom. The number of rotatable bonds is 2.